The quantitative estimate of drug-likeness (QED) is 0.803. The lowest BCUT2D eigenvalue weighted by Gasteiger charge is -2.13. The Morgan fingerprint density at radius 1 is 1.14 bits per heavy atom. The summed E-state index contributed by atoms with van der Waals surface area (Å²) in [6.07, 6.45) is -1.24. The second-order valence-corrected chi connectivity index (χ2v) is 4.85. The molecule has 4 heteroatoms. The first-order valence-corrected chi connectivity index (χ1v) is 7.45. The molecule has 0 saturated heterocycles. The van der Waals surface area contributed by atoms with Crippen molar-refractivity contribution in [3.05, 3.63) is 54.1 Å². The van der Waals surface area contributed by atoms with E-state index < -0.39 is 12.1 Å². The first-order chi connectivity index (χ1) is 10.7. The number of ether oxygens (including phenoxy) is 1. The van der Waals surface area contributed by atoms with Crippen LogP contribution in [0.25, 0.3) is 11.1 Å². The summed E-state index contributed by atoms with van der Waals surface area (Å²) < 4.78 is 4.83. The van der Waals surface area contributed by atoms with Crippen molar-refractivity contribution in [2.75, 3.05) is 18.5 Å². The molecule has 2 rings (SSSR count). The van der Waals surface area contributed by atoms with Crippen LogP contribution in [0.4, 0.5) is 5.69 Å². The van der Waals surface area contributed by atoms with Gasteiger partial charge in [-0.25, -0.2) is 4.79 Å². The van der Waals surface area contributed by atoms with Crippen LogP contribution >= 0.6 is 0 Å². The van der Waals surface area contributed by atoms with Crippen LogP contribution in [0.5, 0.6) is 0 Å². The van der Waals surface area contributed by atoms with Crippen molar-refractivity contribution in [1.82, 2.24) is 0 Å². The van der Waals surface area contributed by atoms with Crippen molar-refractivity contribution in [2.45, 2.75) is 20.0 Å². The summed E-state index contributed by atoms with van der Waals surface area (Å²) in [5, 5.41) is 13.3. The van der Waals surface area contributed by atoms with Crippen LogP contribution in [0.2, 0.25) is 0 Å². The third-order valence-corrected chi connectivity index (χ3v) is 3.34. The Labute approximate surface area is 130 Å². The molecule has 0 aliphatic carbocycles. The number of hydrogen-bond acceptors (Lipinski definition) is 4. The fourth-order valence-corrected chi connectivity index (χ4v) is 2.28. The van der Waals surface area contributed by atoms with Gasteiger partial charge >= 0.3 is 5.97 Å². The molecule has 0 saturated carbocycles. The third kappa shape index (κ3) is 3.65. The summed E-state index contributed by atoms with van der Waals surface area (Å²) in [6.45, 7) is 4.86. The van der Waals surface area contributed by atoms with Crippen LogP contribution in [0.1, 0.15) is 25.5 Å². The van der Waals surface area contributed by atoms with Gasteiger partial charge in [0.1, 0.15) is 0 Å². The molecule has 0 aliphatic rings. The average Bonchev–Trinajstić information content (AvgIpc) is 2.55. The normalized spacial score (nSPS) is 11.8. The molecule has 22 heavy (non-hydrogen) atoms. The SMILES string of the molecule is CCNc1ccccc1-c1ccc(C(O)C(=O)OCC)cc1. The Morgan fingerprint density at radius 2 is 1.82 bits per heavy atom. The minimum Gasteiger partial charge on any atom is -0.464 e. The highest BCUT2D eigenvalue weighted by atomic mass is 16.5. The topological polar surface area (TPSA) is 58.6 Å². The number of anilines is 1. The van der Waals surface area contributed by atoms with Gasteiger partial charge in [-0.1, -0.05) is 42.5 Å². The van der Waals surface area contributed by atoms with E-state index in [-0.39, 0.29) is 6.61 Å². The van der Waals surface area contributed by atoms with Gasteiger partial charge in [0.05, 0.1) is 6.61 Å². The standard InChI is InChI=1S/C18H21NO3/c1-3-19-16-8-6-5-7-15(16)13-9-11-14(12-10-13)17(20)18(21)22-4-2/h5-12,17,19-20H,3-4H2,1-2H3. The summed E-state index contributed by atoms with van der Waals surface area (Å²) in [5.74, 6) is -0.622. The van der Waals surface area contributed by atoms with E-state index in [9.17, 15) is 9.90 Å². The second kappa shape index (κ2) is 7.61. The van der Waals surface area contributed by atoms with Gasteiger partial charge in [0.25, 0.3) is 0 Å². The van der Waals surface area contributed by atoms with E-state index in [1.54, 1.807) is 19.1 Å². The largest absolute Gasteiger partial charge is 0.464 e. The maximum atomic E-state index is 11.6. The lowest BCUT2D eigenvalue weighted by molar-refractivity contribution is -0.153. The summed E-state index contributed by atoms with van der Waals surface area (Å²) in [5.41, 5.74) is 3.70. The van der Waals surface area contributed by atoms with Gasteiger partial charge in [-0.3, -0.25) is 0 Å². The number of para-hydroxylation sites is 1. The predicted molar refractivity (Wildman–Crippen MR) is 87.6 cm³/mol. The fourth-order valence-electron chi connectivity index (χ4n) is 2.28. The summed E-state index contributed by atoms with van der Waals surface area (Å²) in [7, 11) is 0. The Balaban J connectivity index is 2.24. The molecular weight excluding hydrogens is 278 g/mol. The van der Waals surface area contributed by atoms with E-state index >= 15 is 0 Å². The maximum Gasteiger partial charge on any atom is 0.339 e. The van der Waals surface area contributed by atoms with Crippen LogP contribution < -0.4 is 5.32 Å². The number of aliphatic hydroxyl groups is 1. The van der Waals surface area contributed by atoms with Gasteiger partial charge in [0.2, 0.25) is 0 Å². The van der Waals surface area contributed by atoms with Crippen LogP contribution in [0, 0.1) is 0 Å². The van der Waals surface area contributed by atoms with E-state index in [2.05, 4.69) is 12.2 Å². The summed E-state index contributed by atoms with van der Waals surface area (Å²) in [4.78, 5) is 11.6. The molecule has 0 radical (unpaired) electrons. The minimum absolute atomic E-state index is 0.254. The van der Waals surface area contributed by atoms with E-state index in [0.717, 1.165) is 23.4 Å². The van der Waals surface area contributed by atoms with E-state index in [4.69, 9.17) is 4.74 Å². The third-order valence-electron chi connectivity index (χ3n) is 3.34. The zero-order chi connectivity index (χ0) is 15.9. The zero-order valence-corrected chi connectivity index (χ0v) is 12.9. The van der Waals surface area contributed by atoms with Crippen LogP contribution in [0.3, 0.4) is 0 Å². The van der Waals surface area contributed by atoms with Gasteiger partial charge in [-0.15, -0.1) is 0 Å². The molecule has 0 bridgehead atoms. The van der Waals surface area contributed by atoms with Crippen molar-refractivity contribution >= 4 is 11.7 Å². The van der Waals surface area contributed by atoms with Gasteiger partial charge < -0.3 is 15.2 Å². The number of rotatable bonds is 6. The van der Waals surface area contributed by atoms with E-state index in [1.807, 2.05) is 36.4 Å². The first-order valence-electron chi connectivity index (χ1n) is 7.45. The second-order valence-electron chi connectivity index (χ2n) is 4.85. The van der Waals surface area contributed by atoms with Crippen LogP contribution in [-0.2, 0) is 9.53 Å². The Morgan fingerprint density at radius 3 is 2.45 bits per heavy atom. The van der Waals surface area contributed by atoms with Gasteiger partial charge in [0, 0.05) is 17.8 Å². The highest BCUT2D eigenvalue weighted by Gasteiger charge is 2.18. The number of carbonyl (C=O) groups excluding carboxylic acids is 1. The Bertz CT molecular complexity index is 622. The number of nitrogens with one attached hydrogen (secondary N) is 1. The lowest BCUT2D eigenvalue weighted by atomic mass is 10.0. The van der Waals surface area contributed by atoms with E-state index in [1.165, 1.54) is 0 Å². The molecule has 2 aromatic rings. The molecule has 0 spiro atoms. The monoisotopic (exact) mass is 299 g/mol. The average molecular weight is 299 g/mol. The molecule has 2 N–H and O–H groups in total. The molecule has 0 aliphatic heterocycles. The molecule has 0 fully saturated rings. The molecule has 1 unspecified atom stereocenters. The van der Waals surface area contributed by atoms with Gasteiger partial charge in [0.15, 0.2) is 6.10 Å². The Kier molecular flexibility index (Phi) is 5.55. The maximum absolute atomic E-state index is 11.6. The van der Waals surface area contributed by atoms with Crippen molar-refractivity contribution < 1.29 is 14.6 Å². The first kappa shape index (κ1) is 16.0. The lowest BCUT2D eigenvalue weighted by Crippen LogP contribution is -2.15. The molecule has 0 aromatic heterocycles. The molecule has 4 nitrogen and oxygen atoms in total. The van der Waals surface area contributed by atoms with Gasteiger partial charge in [-0.05, 0) is 31.0 Å². The molecule has 116 valence electrons. The van der Waals surface area contributed by atoms with Crippen LogP contribution in [-0.4, -0.2) is 24.2 Å². The highest BCUT2D eigenvalue weighted by molar-refractivity contribution is 5.79. The van der Waals surface area contributed by atoms with Gasteiger partial charge in [-0.2, -0.15) is 0 Å². The number of benzene rings is 2. The fraction of sp³-hybridized carbons (Fsp3) is 0.278. The van der Waals surface area contributed by atoms with Crippen molar-refractivity contribution in [2.24, 2.45) is 0 Å². The molecule has 1 atom stereocenters. The smallest absolute Gasteiger partial charge is 0.339 e. The predicted octanol–water partition coefficient (Wildman–Crippen LogP) is 3.38. The number of aliphatic hydroxyl groups excluding tert-OH is 1. The number of carbonyl (C=O) groups is 1. The number of hydrogen-bond donors (Lipinski definition) is 2. The Hall–Kier alpha value is -2.33. The molecule has 0 amide bonds. The zero-order valence-electron chi connectivity index (χ0n) is 12.9. The van der Waals surface area contributed by atoms with Crippen molar-refractivity contribution in [1.29, 1.82) is 0 Å². The number of esters is 1. The van der Waals surface area contributed by atoms with Crippen molar-refractivity contribution in [3.63, 3.8) is 0 Å². The summed E-state index contributed by atoms with van der Waals surface area (Å²) >= 11 is 0. The minimum atomic E-state index is -1.24. The highest BCUT2D eigenvalue weighted by Crippen LogP contribution is 2.29. The van der Waals surface area contributed by atoms with Crippen LogP contribution in [0.15, 0.2) is 48.5 Å². The molecule has 2 aromatic carbocycles. The summed E-state index contributed by atoms with van der Waals surface area (Å²) in [6, 6.07) is 15.3. The van der Waals surface area contributed by atoms with Crippen molar-refractivity contribution in [3.8, 4) is 11.1 Å². The van der Waals surface area contributed by atoms with E-state index in [0.29, 0.717) is 5.56 Å². The molecular formula is C18H21NO3. The molecule has 0 heterocycles.